The summed E-state index contributed by atoms with van der Waals surface area (Å²) in [6.45, 7) is 7.52. The van der Waals surface area contributed by atoms with E-state index >= 15 is 0 Å². The molecule has 0 fully saturated rings. The molecule has 3 aromatic heterocycles. The molecule has 0 bridgehead atoms. The Morgan fingerprint density at radius 3 is 2.62 bits per heavy atom. The number of unbranched alkanes of at least 4 members (excludes halogenated alkanes) is 1. The molecule has 3 rings (SSSR count). The van der Waals surface area contributed by atoms with Crippen molar-refractivity contribution in [1.29, 1.82) is 0 Å². The van der Waals surface area contributed by atoms with Crippen molar-refractivity contribution in [3.8, 4) is 11.5 Å². The lowest BCUT2D eigenvalue weighted by Crippen LogP contribution is -2.31. The first-order valence-electron chi connectivity index (χ1n) is 9.17. The zero-order valence-corrected chi connectivity index (χ0v) is 15.5. The van der Waals surface area contributed by atoms with Gasteiger partial charge < -0.3 is 4.57 Å². The number of fused-ring (bicyclic) bond motifs is 1. The van der Waals surface area contributed by atoms with Crippen molar-refractivity contribution in [2.75, 3.05) is 0 Å². The van der Waals surface area contributed by atoms with Crippen LogP contribution in [0.4, 0.5) is 0 Å². The van der Waals surface area contributed by atoms with Gasteiger partial charge in [0.05, 0.1) is 0 Å². The number of pyridine rings is 1. The van der Waals surface area contributed by atoms with Crippen LogP contribution in [0.15, 0.2) is 34.0 Å². The molecule has 138 valence electrons. The number of imidazole rings is 1. The Bertz CT molecular complexity index is 998. The largest absolute Gasteiger partial charge is 0.330 e. The highest BCUT2D eigenvalue weighted by Gasteiger charge is 2.20. The summed E-state index contributed by atoms with van der Waals surface area (Å²) in [5, 5.41) is 0. The Balaban J connectivity index is 2.28. The van der Waals surface area contributed by atoms with E-state index in [1.165, 1.54) is 0 Å². The van der Waals surface area contributed by atoms with Crippen LogP contribution in [0.5, 0.6) is 0 Å². The Labute approximate surface area is 151 Å². The average Bonchev–Trinajstić information content (AvgIpc) is 3.00. The molecule has 0 spiro atoms. The molecule has 0 aliphatic rings. The first-order chi connectivity index (χ1) is 12.5. The van der Waals surface area contributed by atoms with E-state index in [9.17, 15) is 9.59 Å². The molecule has 0 aliphatic heterocycles. The van der Waals surface area contributed by atoms with Crippen molar-refractivity contribution in [2.24, 2.45) is 5.92 Å². The van der Waals surface area contributed by atoms with Gasteiger partial charge in [-0.05, 0) is 30.9 Å². The third kappa shape index (κ3) is 3.47. The Kier molecular flexibility index (Phi) is 5.35. The van der Waals surface area contributed by atoms with E-state index in [0.29, 0.717) is 41.7 Å². The van der Waals surface area contributed by atoms with Crippen LogP contribution in [0.1, 0.15) is 40.0 Å². The van der Waals surface area contributed by atoms with Crippen molar-refractivity contribution in [3.63, 3.8) is 0 Å². The zero-order chi connectivity index (χ0) is 18.7. The first-order valence-corrected chi connectivity index (χ1v) is 9.17. The van der Waals surface area contributed by atoms with Crippen LogP contribution in [-0.2, 0) is 13.1 Å². The minimum Gasteiger partial charge on any atom is -0.317 e. The summed E-state index contributed by atoms with van der Waals surface area (Å²) in [6.07, 6.45) is 4.40. The van der Waals surface area contributed by atoms with Gasteiger partial charge in [-0.15, -0.1) is 0 Å². The normalized spacial score (nSPS) is 11.5. The van der Waals surface area contributed by atoms with Crippen molar-refractivity contribution in [3.05, 3.63) is 45.2 Å². The third-order valence-corrected chi connectivity index (χ3v) is 4.44. The van der Waals surface area contributed by atoms with Gasteiger partial charge in [-0.2, -0.15) is 0 Å². The molecule has 0 atom stereocenters. The highest BCUT2D eigenvalue weighted by atomic mass is 16.2. The topological polar surface area (TPSA) is 85.6 Å². The molecule has 0 radical (unpaired) electrons. The summed E-state index contributed by atoms with van der Waals surface area (Å²) in [7, 11) is 0. The maximum Gasteiger partial charge on any atom is 0.330 e. The number of hydrogen-bond donors (Lipinski definition) is 1. The van der Waals surface area contributed by atoms with E-state index in [0.717, 1.165) is 19.3 Å². The summed E-state index contributed by atoms with van der Waals surface area (Å²) >= 11 is 0. The van der Waals surface area contributed by atoms with Crippen LogP contribution in [0.3, 0.4) is 0 Å². The van der Waals surface area contributed by atoms with Gasteiger partial charge in [0.15, 0.2) is 17.0 Å². The molecule has 0 aromatic carbocycles. The van der Waals surface area contributed by atoms with E-state index in [1.807, 2.05) is 22.8 Å². The van der Waals surface area contributed by atoms with Gasteiger partial charge in [0.1, 0.15) is 5.69 Å². The second-order valence-corrected chi connectivity index (χ2v) is 6.92. The number of aryl methyl sites for hydroxylation is 2. The summed E-state index contributed by atoms with van der Waals surface area (Å²) in [4.78, 5) is 36.4. The highest BCUT2D eigenvalue weighted by molar-refractivity contribution is 5.76. The van der Waals surface area contributed by atoms with Crippen LogP contribution in [-0.4, -0.2) is 24.1 Å². The lowest BCUT2D eigenvalue weighted by Gasteiger charge is -2.10. The fourth-order valence-electron chi connectivity index (χ4n) is 2.99. The lowest BCUT2D eigenvalue weighted by molar-refractivity contribution is 0.524. The predicted molar refractivity (Wildman–Crippen MR) is 102 cm³/mol. The van der Waals surface area contributed by atoms with Gasteiger partial charge >= 0.3 is 5.69 Å². The summed E-state index contributed by atoms with van der Waals surface area (Å²) < 4.78 is 3.47. The van der Waals surface area contributed by atoms with Crippen LogP contribution in [0.2, 0.25) is 0 Å². The second-order valence-electron chi connectivity index (χ2n) is 6.92. The molecule has 7 nitrogen and oxygen atoms in total. The molecule has 0 aliphatic carbocycles. The maximum atomic E-state index is 12.6. The van der Waals surface area contributed by atoms with Gasteiger partial charge in [-0.25, -0.2) is 9.78 Å². The maximum absolute atomic E-state index is 12.6. The van der Waals surface area contributed by atoms with Gasteiger partial charge in [0.25, 0.3) is 5.56 Å². The minimum atomic E-state index is -0.406. The number of aromatic amines is 1. The zero-order valence-electron chi connectivity index (χ0n) is 15.5. The number of nitrogens with one attached hydrogen (secondary N) is 1. The molecule has 1 N–H and O–H groups in total. The van der Waals surface area contributed by atoms with Crippen LogP contribution in [0.25, 0.3) is 22.7 Å². The second kappa shape index (κ2) is 7.68. The molecule has 3 aromatic rings. The Morgan fingerprint density at radius 2 is 1.96 bits per heavy atom. The molecule has 7 heteroatoms. The lowest BCUT2D eigenvalue weighted by atomic mass is 10.1. The highest BCUT2D eigenvalue weighted by Crippen LogP contribution is 2.22. The van der Waals surface area contributed by atoms with Gasteiger partial charge in [-0.1, -0.05) is 33.3 Å². The standard InChI is InChI=1S/C19H25N5O2/c1-4-5-11-24-17-15(18(25)22-19(24)26)23(12-9-13(2)3)16(21-17)14-8-6-7-10-20-14/h6-8,10,13H,4-5,9,11-12H2,1-3H3,(H,22,25,26). The number of rotatable bonds is 7. The molecule has 26 heavy (non-hydrogen) atoms. The van der Waals surface area contributed by atoms with Crippen molar-refractivity contribution in [2.45, 2.75) is 53.1 Å². The molecule has 0 unspecified atom stereocenters. The van der Waals surface area contributed by atoms with Gasteiger partial charge in [-0.3, -0.25) is 19.3 Å². The van der Waals surface area contributed by atoms with Crippen molar-refractivity contribution in [1.82, 2.24) is 24.1 Å². The summed E-state index contributed by atoms with van der Waals surface area (Å²) in [6, 6.07) is 5.60. The molecular weight excluding hydrogens is 330 g/mol. The van der Waals surface area contributed by atoms with E-state index in [4.69, 9.17) is 0 Å². The third-order valence-electron chi connectivity index (χ3n) is 4.44. The Morgan fingerprint density at radius 1 is 1.15 bits per heavy atom. The number of nitrogens with zero attached hydrogens (tertiary/aromatic N) is 4. The number of H-pyrrole nitrogens is 1. The van der Waals surface area contributed by atoms with E-state index in [-0.39, 0.29) is 0 Å². The molecule has 0 saturated carbocycles. The monoisotopic (exact) mass is 355 g/mol. The Hall–Kier alpha value is -2.70. The smallest absolute Gasteiger partial charge is 0.317 e. The SMILES string of the molecule is CCCCn1c(=O)[nH]c(=O)c2c1nc(-c1ccccn1)n2CCC(C)C. The van der Waals surface area contributed by atoms with Gasteiger partial charge in [0.2, 0.25) is 0 Å². The molecular formula is C19H25N5O2. The van der Waals surface area contributed by atoms with Crippen LogP contribution < -0.4 is 11.2 Å². The quantitative estimate of drug-likeness (QED) is 0.706. The number of aromatic nitrogens is 5. The first kappa shape index (κ1) is 18.1. The van der Waals surface area contributed by atoms with Crippen molar-refractivity contribution >= 4 is 11.2 Å². The molecule has 0 saturated heterocycles. The van der Waals surface area contributed by atoms with E-state index in [1.54, 1.807) is 10.8 Å². The number of hydrogen-bond acceptors (Lipinski definition) is 4. The summed E-state index contributed by atoms with van der Waals surface area (Å²) in [5.41, 5.74) is 0.785. The van der Waals surface area contributed by atoms with E-state index in [2.05, 4.69) is 35.7 Å². The fraction of sp³-hybridized carbons (Fsp3) is 0.474. The van der Waals surface area contributed by atoms with Crippen LogP contribution in [0, 0.1) is 5.92 Å². The molecule has 0 amide bonds. The van der Waals surface area contributed by atoms with Gasteiger partial charge in [0, 0.05) is 19.3 Å². The minimum absolute atomic E-state index is 0.392. The fourth-order valence-corrected chi connectivity index (χ4v) is 2.99. The van der Waals surface area contributed by atoms with Crippen LogP contribution >= 0.6 is 0 Å². The molecule has 3 heterocycles. The average molecular weight is 355 g/mol. The van der Waals surface area contributed by atoms with Crippen molar-refractivity contribution < 1.29 is 0 Å². The van der Waals surface area contributed by atoms with E-state index < -0.39 is 11.2 Å². The summed E-state index contributed by atoms with van der Waals surface area (Å²) in [5.74, 6) is 1.11. The predicted octanol–water partition coefficient (Wildman–Crippen LogP) is 2.79.